The average molecular weight is 414 g/mol. The summed E-state index contributed by atoms with van der Waals surface area (Å²) in [5.74, 6) is 0.297. The largest absolute Gasteiger partial charge is 0.338 e. The van der Waals surface area contributed by atoms with Gasteiger partial charge in [-0.1, -0.05) is 13.5 Å². The Hall–Kier alpha value is -3.07. The molecule has 1 atom stereocenters. The highest BCUT2D eigenvalue weighted by atomic mass is 32.2. The van der Waals surface area contributed by atoms with Gasteiger partial charge >= 0.3 is 0 Å². The number of nitrogens with one attached hydrogen (secondary N) is 1. The van der Waals surface area contributed by atoms with Crippen LogP contribution in [-0.4, -0.2) is 48.5 Å². The van der Waals surface area contributed by atoms with Crippen LogP contribution in [0.3, 0.4) is 0 Å². The Balaban J connectivity index is 1.65. The number of hydrogen-bond donors (Lipinski definition) is 1. The van der Waals surface area contributed by atoms with Crippen LogP contribution in [0.1, 0.15) is 29.3 Å². The first-order chi connectivity index (χ1) is 13.7. The van der Waals surface area contributed by atoms with Crippen molar-refractivity contribution in [3.05, 3.63) is 59.8 Å². The Labute approximate surface area is 170 Å². The molecule has 1 amide bonds. The molecule has 1 aliphatic rings. The molecule has 1 aliphatic heterocycles. The van der Waals surface area contributed by atoms with Crippen molar-refractivity contribution in [2.45, 2.75) is 20.3 Å². The second-order valence-corrected chi connectivity index (χ2v) is 8.97. The predicted molar refractivity (Wildman–Crippen MR) is 113 cm³/mol. The number of nitrogens with zero attached hydrogens (tertiary/aromatic N) is 4. The normalized spacial score (nSPS) is 19.4. The number of aliphatic imine (C=N–C) groups is 1. The van der Waals surface area contributed by atoms with Crippen molar-refractivity contribution in [3.63, 3.8) is 0 Å². The van der Waals surface area contributed by atoms with Crippen LogP contribution < -0.4 is 4.72 Å². The zero-order valence-electron chi connectivity index (χ0n) is 16.4. The lowest BCUT2D eigenvalue weighted by Crippen LogP contribution is -2.31. The fourth-order valence-corrected chi connectivity index (χ4v) is 3.55. The minimum Gasteiger partial charge on any atom is -0.338 e. The summed E-state index contributed by atoms with van der Waals surface area (Å²) < 4.78 is 25.4. The molecule has 1 saturated heterocycles. The molecule has 1 aromatic heterocycles. The Bertz CT molecular complexity index is 1030. The highest BCUT2D eigenvalue weighted by molar-refractivity contribution is 7.95. The first kappa shape index (κ1) is 20.7. The second kappa shape index (κ2) is 8.12. The number of hydrogen-bond acceptors (Lipinski definition) is 6. The Kier molecular flexibility index (Phi) is 5.78. The molecule has 2 aromatic rings. The van der Waals surface area contributed by atoms with E-state index in [0.717, 1.165) is 17.4 Å². The summed E-state index contributed by atoms with van der Waals surface area (Å²) >= 11 is 0. The fraction of sp³-hybridized carbons (Fsp3) is 0.300. The average Bonchev–Trinajstić information content (AvgIpc) is 3.10. The molecule has 152 valence electrons. The molecule has 2 heterocycles. The Morgan fingerprint density at radius 1 is 1.28 bits per heavy atom. The van der Waals surface area contributed by atoms with Gasteiger partial charge in [-0.2, -0.15) is 0 Å². The van der Waals surface area contributed by atoms with E-state index in [4.69, 9.17) is 0 Å². The molecule has 1 fully saturated rings. The van der Waals surface area contributed by atoms with Gasteiger partial charge in [-0.05, 0) is 43.2 Å². The van der Waals surface area contributed by atoms with Crippen molar-refractivity contribution in [2.75, 3.05) is 17.8 Å². The Morgan fingerprint density at radius 3 is 2.55 bits per heavy atom. The first-order valence-corrected chi connectivity index (χ1v) is 10.6. The van der Waals surface area contributed by atoms with Gasteiger partial charge in [-0.25, -0.2) is 23.4 Å². The third-order valence-electron chi connectivity index (χ3n) is 4.66. The fourth-order valence-electron chi connectivity index (χ4n) is 3.00. The first-order valence-electron chi connectivity index (χ1n) is 9.08. The summed E-state index contributed by atoms with van der Waals surface area (Å²) in [6.45, 7) is 8.35. The minimum absolute atomic E-state index is 0.105. The number of aromatic nitrogens is 2. The molecule has 8 nitrogen and oxygen atoms in total. The van der Waals surface area contributed by atoms with Crippen LogP contribution in [0.15, 0.2) is 53.6 Å². The van der Waals surface area contributed by atoms with Gasteiger partial charge in [-0.15, -0.1) is 0 Å². The van der Waals surface area contributed by atoms with E-state index in [0.29, 0.717) is 30.3 Å². The lowest BCUT2D eigenvalue weighted by molar-refractivity contribution is 0.0784. The third-order valence-corrected chi connectivity index (χ3v) is 5.62. The van der Waals surface area contributed by atoms with Crippen LogP contribution in [0.5, 0.6) is 0 Å². The number of amides is 1. The molecular weight excluding hydrogens is 390 g/mol. The SMILES string of the molecule is C=CS(=O)(=O)Nc1ccc(C(=O)N2CC[C@@](C)(/C=N/c3ncc(C)cn3)C2)cc1. The van der Waals surface area contributed by atoms with Crippen molar-refractivity contribution >= 4 is 33.8 Å². The van der Waals surface area contributed by atoms with Gasteiger partial charge in [0.1, 0.15) is 0 Å². The second-order valence-electron chi connectivity index (χ2n) is 7.34. The van der Waals surface area contributed by atoms with Gasteiger partial charge in [0.15, 0.2) is 0 Å². The summed E-state index contributed by atoms with van der Waals surface area (Å²) in [6, 6.07) is 6.32. The summed E-state index contributed by atoms with van der Waals surface area (Å²) in [6.07, 6.45) is 6.03. The highest BCUT2D eigenvalue weighted by Crippen LogP contribution is 2.30. The van der Waals surface area contributed by atoms with Gasteiger partial charge in [0.25, 0.3) is 15.9 Å². The molecule has 0 bridgehead atoms. The maximum Gasteiger partial charge on any atom is 0.254 e. The third kappa shape index (κ3) is 5.26. The van der Waals surface area contributed by atoms with Gasteiger partial charge in [0, 0.05) is 53.8 Å². The quantitative estimate of drug-likeness (QED) is 0.733. The van der Waals surface area contributed by atoms with Crippen molar-refractivity contribution in [3.8, 4) is 0 Å². The molecule has 0 aliphatic carbocycles. The van der Waals surface area contributed by atoms with E-state index in [2.05, 4.69) is 26.3 Å². The topological polar surface area (TPSA) is 105 Å². The lowest BCUT2D eigenvalue weighted by atomic mass is 9.92. The monoisotopic (exact) mass is 413 g/mol. The van der Waals surface area contributed by atoms with Gasteiger partial charge in [0.2, 0.25) is 5.95 Å². The van der Waals surface area contributed by atoms with E-state index in [-0.39, 0.29) is 11.3 Å². The summed E-state index contributed by atoms with van der Waals surface area (Å²) in [7, 11) is -3.57. The van der Waals surface area contributed by atoms with E-state index in [1.54, 1.807) is 41.6 Å². The van der Waals surface area contributed by atoms with Gasteiger partial charge in [-0.3, -0.25) is 9.52 Å². The predicted octanol–water partition coefficient (Wildman–Crippen LogP) is 2.92. The molecule has 0 unspecified atom stereocenters. The standard InChI is InChI=1S/C20H23N5O3S/c1-4-29(27,28)24-17-7-5-16(6-8-17)18(26)25-10-9-20(3,14-25)13-23-19-21-11-15(2)12-22-19/h4-8,11-13,24H,1,9-10,14H2,2-3H3/b23-13+/t20-/m0/s1. The molecule has 3 rings (SSSR count). The highest BCUT2D eigenvalue weighted by Gasteiger charge is 2.35. The van der Waals surface area contributed by atoms with Crippen molar-refractivity contribution < 1.29 is 13.2 Å². The van der Waals surface area contributed by atoms with Crippen molar-refractivity contribution in [1.82, 2.24) is 14.9 Å². The maximum absolute atomic E-state index is 12.8. The molecule has 0 saturated carbocycles. The number of carbonyl (C=O) groups is 1. The maximum atomic E-state index is 12.8. The van der Waals surface area contributed by atoms with Crippen LogP contribution in [-0.2, 0) is 10.0 Å². The van der Waals surface area contributed by atoms with E-state index in [9.17, 15) is 13.2 Å². The number of likely N-dealkylation sites (tertiary alicyclic amines) is 1. The van der Waals surface area contributed by atoms with Crippen LogP contribution in [0.25, 0.3) is 0 Å². The minimum atomic E-state index is -3.57. The smallest absolute Gasteiger partial charge is 0.254 e. The van der Waals surface area contributed by atoms with E-state index < -0.39 is 10.0 Å². The molecular formula is C20H23N5O3S. The number of aryl methyl sites for hydroxylation is 1. The van der Waals surface area contributed by atoms with Gasteiger partial charge in [0.05, 0.1) is 0 Å². The number of anilines is 1. The Morgan fingerprint density at radius 2 is 1.93 bits per heavy atom. The van der Waals surface area contributed by atoms with Crippen LogP contribution in [0, 0.1) is 12.3 Å². The van der Waals surface area contributed by atoms with Gasteiger partial charge < -0.3 is 4.90 Å². The lowest BCUT2D eigenvalue weighted by Gasteiger charge is -2.20. The number of sulfonamides is 1. The van der Waals surface area contributed by atoms with Crippen molar-refractivity contribution in [1.29, 1.82) is 0 Å². The summed E-state index contributed by atoms with van der Waals surface area (Å²) in [4.78, 5) is 27.3. The van der Waals surface area contributed by atoms with E-state index in [1.165, 1.54) is 0 Å². The summed E-state index contributed by atoms with van der Waals surface area (Å²) in [5.41, 5.74) is 1.58. The number of carbonyl (C=O) groups excluding carboxylic acids is 1. The van der Waals surface area contributed by atoms with E-state index in [1.807, 2.05) is 20.1 Å². The number of benzene rings is 1. The van der Waals surface area contributed by atoms with Crippen LogP contribution >= 0.6 is 0 Å². The molecule has 9 heteroatoms. The molecule has 0 radical (unpaired) electrons. The zero-order valence-corrected chi connectivity index (χ0v) is 17.2. The van der Waals surface area contributed by atoms with E-state index >= 15 is 0 Å². The summed E-state index contributed by atoms with van der Waals surface area (Å²) in [5, 5.41) is 0.834. The van der Waals surface area contributed by atoms with Crippen LogP contribution in [0.4, 0.5) is 11.6 Å². The van der Waals surface area contributed by atoms with Crippen molar-refractivity contribution in [2.24, 2.45) is 10.4 Å². The molecule has 0 spiro atoms. The molecule has 1 aromatic carbocycles. The zero-order chi connectivity index (χ0) is 21.1. The number of rotatable bonds is 6. The van der Waals surface area contributed by atoms with Crippen LogP contribution in [0.2, 0.25) is 0 Å². The molecule has 1 N–H and O–H groups in total. The molecule has 29 heavy (non-hydrogen) atoms.